The highest BCUT2D eigenvalue weighted by molar-refractivity contribution is 5.78. The van der Waals surface area contributed by atoms with E-state index >= 15 is 0 Å². The molecule has 0 bridgehead atoms. The summed E-state index contributed by atoms with van der Waals surface area (Å²) in [5.41, 5.74) is 7.97. The fourth-order valence-corrected chi connectivity index (χ4v) is 2.36. The highest BCUT2D eigenvalue weighted by atomic mass is 16.5. The van der Waals surface area contributed by atoms with Gasteiger partial charge in [0.15, 0.2) is 0 Å². The molecule has 0 radical (unpaired) electrons. The number of rotatable bonds is 4. The Morgan fingerprint density at radius 2 is 2.05 bits per heavy atom. The van der Waals surface area contributed by atoms with Crippen LogP contribution in [0.2, 0.25) is 0 Å². The minimum atomic E-state index is -0.266. The molecule has 4 nitrogen and oxygen atoms in total. The zero-order valence-electron chi connectivity index (χ0n) is 12.4. The minimum absolute atomic E-state index is 0.266. The molecule has 0 saturated heterocycles. The van der Waals surface area contributed by atoms with Gasteiger partial charge in [-0.2, -0.15) is 0 Å². The molecule has 0 unspecified atom stereocenters. The van der Waals surface area contributed by atoms with Gasteiger partial charge in [0.25, 0.3) is 0 Å². The lowest BCUT2D eigenvalue weighted by Crippen LogP contribution is -2.35. The SMILES string of the molecule is COc1ccc2c(c1)nc(CC(C)(C)N)n2C(C)C. The molecule has 0 fully saturated rings. The number of imidazole rings is 1. The zero-order chi connectivity index (χ0) is 14.2. The molecule has 2 rings (SSSR count). The molecule has 0 aliphatic rings. The smallest absolute Gasteiger partial charge is 0.121 e. The molecule has 1 aromatic heterocycles. The summed E-state index contributed by atoms with van der Waals surface area (Å²) >= 11 is 0. The Hall–Kier alpha value is -1.55. The lowest BCUT2D eigenvalue weighted by Gasteiger charge is -2.20. The van der Waals surface area contributed by atoms with E-state index in [1.807, 2.05) is 26.0 Å². The summed E-state index contributed by atoms with van der Waals surface area (Å²) in [5.74, 6) is 1.87. The molecule has 104 valence electrons. The summed E-state index contributed by atoms with van der Waals surface area (Å²) in [6, 6.07) is 6.37. The van der Waals surface area contributed by atoms with E-state index in [9.17, 15) is 0 Å². The molecule has 2 aromatic rings. The fraction of sp³-hybridized carbons (Fsp3) is 0.533. The summed E-state index contributed by atoms with van der Waals surface area (Å²) in [7, 11) is 1.67. The van der Waals surface area contributed by atoms with Crippen LogP contribution in [-0.2, 0) is 6.42 Å². The van der Waals surface area contributed by atoms with Crippen LogP contribution in [0.5, 0.6) is 5.75 Å². The molecule has 0 atom stereocenters. The van der Waals surface area contributed by atoms with Gasteiger partial charge in [0.05, 0.1) is 18.1 Å². The molecule has 4 heteroatoms. The van der Waals surface area contributed by atoms with Crippen molar-refractivity contribution in [1.29, 1.82) is 0 Å². The van der Waals surface area contributed by atoms with Gasteiger partial charge in [-0.05, 0) is 39.8 Å². The predicted octanol–water partition coefficient (Wildman–Crippen LogP) is 2.91. The van der Waals surface area contributed by atoms with Crippen LogP contribution >= 0.6 is 0 Å². The minimum Gasteiger partial charge on any atom is -0.497 e. The van der Waals surface area contributed by atoms with Gasteiger partial charge in [0, 0.05) is 24.1 Å². The number of fused-ring (bicyclic) bond motifs is 1. The molecular formula is C15H23N3O. The van der Waals surface area contributed by atoms with Gasteiger partial charge in [-0.1, -0.05) is 0 Å². The number of hydrogen-bond donors (Lipinski definition) is 1. The van der Waals surface area contributed by atoms with E-state index in [4.69, 9.17) is 15.5 Å². The van der Waals surface area contributed by atoms with Gasteiger partial charge in [-0.15, -0.1) is 0 Å². The third-order valence-electron chi connectivity index (χ3n) is 3.10. The van der Waals surface area contributed by atoms with Crippen LogP contribution in [0.15, 0.2) is 18.2 Å². The van der Waals surface area contributed by atoms with Crippen molar-refractivity contribution in [1.82, 2.24) is 9.55 Å². The summed E-state index contributed by atoms with van der Waals surface area (Å²) in [6.45, 7) is 8.38. The van der Waals surface area contributed by atoms with Gasteiger partial charge >= 0.3 is 0 Å². The van der Waals surface area contributed by atoms with E-state index in [1.54, 1.807) is 7.11 Å². The third-order valence-corrected chi connectivity index (χ3v) is 3.10. The molecule has 0 spiro atoms. The Morgan fingerprint density at radius 3 is 2.58 bits per heavy atom. The lowest BCUT2D eigenvalue weighted by molar-refractivity contribution is 0.415. The lowest BCUT2D eigenvalue weighted by atomic mass is 10.0. The van der Waals surface area contributed by atoms with Crippen LogP contribution in [-0.4, -0.2) is 22.2 Å². The number of benzene rings is 1. The van der Waals surface area contributed by atoms with Crippen LogP contribution < -0.4 is 10.5 Å². The molecular weight excluding hydrogens is 238 g/mol. The van der Waals surface area contributed by atoms with Crippen molar-refractivity contribution < 1.29 is 4.74 Å². The average Bonchev–Trinajstić information content (AvgIpc) is 2.62. The fourth-order valence-electron chi connectivity index (χ4n) is 2.36. The first kappa shape index (κ1) is 13.9. The van der Waals surface area contributed by atoms with E-state index in [2.05, 4.69) is 24.5 Å². The van der Waals surface area contributed by atoms with Crippen molar-refractivity contribution in [2.45, 2.75) is 45.7 Å². The quantitative estimate of drug-likeness (QED) is 0.920. The predicted molar refractivity (Wildman–Crippen MR) is 78.6 cm³/mol. The molecule has 19 heavy (non-hydrogen) atoms. The number of nitrogens with two attached hydrogens (primary N) is 1. The Bertz CT molecular complexity index is 579. The number of ether oxygens (including phenoxy) is 1. The molecule has 0 aliphatic carbocycles. The molecule has 1 aromatic carbocycles. The second kappa shape index (κ2) is 4.85. The Labute approximate surface area is 114 Å². The topological polar surface area (TPSA) is 53.1 Å². The molecule has 1 heterocycles. The van der Waals surface area contributed by atoms with Crippen LogP contribution in [0.25, 0.3) is 11.0 Å². The Morgan fingerprint density at radius 1 is 1.37 bits per heavy atom. The van der Waals surface area contributed by atoms with Crippen molar-refractivity contribution in [2.75, 3.05) is 7.11 Å². The third kappa shape index (κ3) is 2.89. The highest BCUT2D eigenvalue weighted by Crippen LogP contribution is 2.26. The second-order valence-electron chi connectivity index (χ2n) is 6.01. The van der Waals surface area contributed by atoms with Gasteiger partial charge in [0.2, 0.25) is 0 Å². The molecule has 0 aliphatic heterocycles. The summed E-state index contributed by atoms with van der Waals surface area (Å²) in [6.07, 6.45) is 0.752. The molecule has 0 saturated carbocycles. The first-order valence-electron chi connectivity index (χ1n) is 6.65. The van der Waals surface area contributed by atoms with Crippen LogP contribution in [0.1, 0.15) is 39.6 Å². The number of methoxy groups -OCH3 is 1. The van der Waals surface area contributed by atoms with E-state index in [0.29, 0.717) is 6.04 Å². The largest absolute Gasteiger partial charge is 0.497 e. The average molecular weight is 261 g/mol. The maximum Gasteiger partial charge on any atom is 0.121 e. The van der Waals surface area contributed by atoms with Gasteiger partial charge in [-0.25, -0.2) is 4.98 Å². The number of hydrogen-bond acceptors (Lipinski definition) is 3. The van der Waals surface area contributed by atoms with Crippen LogP contribution in [0.3, 0.4) is 0 Å². The van der Waals surface area contributed by atoms with Gasteiger partial charge < -0.3 is 15.0 Å². The standard InChI is InChI=1S/C15H23N3O/c1-10(2)18-13-7-6-11(19-5)8-12(13)17-14(18)9-15(3,4)16/h6-8,10H,9,16H2,1-5H3. The van der Waals surface area contributed by atoms with Gasteiger partial charge in [-0.3, -0.25) is 0 Å². The molecule has 2 N–H and O–H groups in total. The molecule has 0 amide bonds. The van der Waals surface area contributed by atoms with Crippen molar-refractivity contribution in [3.05, 3.63) is 24.0 Å². The van der Waals surface area contributed by atoms with Crippen molar-refractivity contribution in [3.8, 4) is 5.75 Å². The van der Waals surface area contributed by atoms with E-state index in [-0.39, 0.29) is 5.54 Å². The van der Waals surface area contributed by atoms with Crippen molar-refractivity contribution in [2.24, 2.45) is 5.73 Å². The van der Waals surface area contributed by atoms with Crippen LogP contribution in [0.4, 0.5) is 0 Å². The zero-order valence-corrected chi connectivity index (χ0v) is 12.4. The van der Waals surface area contributed by atoms with Crippen molar-refractivity contribution >= 4 is 11.0 Å². The number of nitrogens with zero attached hydrogens (tertiary/aromatic N) is 2. The normalized spacial score (nSPS) is 12.4. The number of aromatic nitrogens is 2. The summed E-state index contributed by atoms with van der Waals surface area (Å²) in [4.78, 5) is 4.73. The Balaban J connectivity index is 2.59. The first-order chi connectivity index (χ1) is 8.81. The summed E-state index contributed by atoms with van der Waals surface area (Å²) < 4.78 is 7.51. The Kier molecular flexibility index (Phi) is 3.54. The maximum absolute atomic E-state index is 6.14. The van der Waals surface area contributed by atoms with E-state index in [1.165, 1.54) is 0 Å². The highest BCUT2D eigenvalue weighted by Gasteiger charge is 2.20. The van der Waals surface area contributed by atoms with E-state index < -0.39 is 0 Å². The van der Waals surface area contributed by atoms with E-state index in [0.717, 1.165) is 29.0 Å². The first-order valence-corrected chi connectivity index (χ1v) is 6.65. The van der Waals surface area contributed by atoms with Crippen LogP contribution in [0, 0.1) is 0 Å². The maximum atomic E-state index is 6.14. The van der Waals surface area contributed by atoms with Gasteiger partial charge in [0.1, 0.15) is 11.6 Å². The summed E-state index contributed by atoms with van der Waals surface area (Å²) in [5, 5.41) is 0. The second-order valence-corrected chi connectivity index (χ2v) is 6.01. The van der Waals surface area contributed by atoms with Crippen molar-refractivity contribution in [3.63, 3.8) is 0 Å². The monoisotopic (exact) mass is 261 g/mol.